The Morgan fingerprint density at radius 1 is 0.871 bits per heavy atom. The van der Waals surface area contributed by atoms with Crippen LogP contribution in [0.1, 0.15) is 82.3 Å². The van der Waals surface area contributed by atoms with Gasteiger partial charge in [-0.1, -0.05) is 60.6 Å². The van der Waals surface area contributed by atoms with Gasteiger partial charge in [-0.25, -0.2) is 22.4 Å². The fourth-order valence-electron chi connectivity index (χ4n) is 3.63. The third kappa shape index (κ3) is 5.66. The molecule has 6 heteroatoms. The molecule has 0 N–H and O–H groups in total. The van der Waals surface area contributed by atoms with E-state index < -0.39 is 40.4 Å². The normalized spacial score (nSPS) is 13.3. The Kier molecular flexibility index (Phi) is 7.24. The monoisotopic (exact) mass is 438 g/mol. The van der Waals surface area contributed by atoms with Gasteiger partial charge in [0.05, 0.1) is 0 Å². The minimum Gasteiger partial charge on any atom is -0.423 e. The number of benzene rings is 2. The summed E-state index contributed by atoms with van der Waals surface area (Å²) < 4.78 is 61.5. The lowest BCUT2D eigenvalue weighted by Gasteiger charge is -2.36. The van der Waals surface area contributed by atoms with Crippen molar-refractivity contribution in [2.24, 2.45) is 10.8 Å². The Morgan fingerprint density at radius 3 is 1.74 bits per heavy atom. The Balaban J connectivity index is 2.32. The van der Waals surface area contributed by atoms with E-state index in [0.29, 0.717) is 0 Å². The van der Waals surface area contributed by atoms with E-state index >= 15 is 0 Å². The molecule has 2 nitrogen and oxygen atoms in total. The second kappa shape index (κ2) is 9.01. The van der Waals surface area contributed by atoms with E-state index in [9.17, 15) is 22.4 Å². The van der Waals surface area contributed by atoms with Crippen LogP contribution in [-0.2, 0) is 6.42 Å². The summed E-state index contributed by atoms with van der Waals surface area (Å²) in [6.07, 6.45) is 0.667. The van der Waals surface area contributed by atoms with E-state index in [2.05, 4.69) is 41.5 Å². The van der Waals surface area contributed by atoms with Crippen molar-refractivity contribution in [3.63, 3.8) is 0 Å². The number of halogens is 4. The number of hydrogen-bond donors (Lipinski definition) is 0. The molecule has 0 saturated heterocycles. The van der Waals surface area contributed by atoms with Crippen molar-refractivity contribution >= 4 is 5.97 Å². The summed E-state index contributed by atoms with van der Waals surface area (Å²) in [4.78, 5) is 12.3. The summed E-state index contributed by atoms with van der Waals surface area (Å²) in [6.45, 7) is 14.3. The number of hydrogen-bond acceptors (Lipinski definition) is 2. The van der Waals surface area contributed by atoms with Crippen molar-refractivity contribution < 1.29 is 27.1 Å². The zero-order valence-electron chi connectivity index (χ0n) is 19.1. The van der Waals surface area contributed by atoms with Crippen molar-refractivity contribution in [2.45, 2.75) is 67.2 Å². The molecule has 2 rings (SSSR count). The van der Waals surface area contributed by atoms with Gasteiger partial charge in [0.1, 0.15) is 11.3 Å². The predicted molar refractivity (Wildman–Crippen MR) is 113 cm³/mol. The van der Waals surface area contributed by atoms with Gasteiger partial charge in [-0.3, -0.25) is 0 Å². The molecule has 170 valence electrons. The van der Waals surface area contributed by atoms with E-state index in [4.69, 9.17) is 4.74 Å². The van der Waals surface area contributed by atoms with Gasteiger partial charge in [0.25, 0.3) is 0 Å². The van der Waals surface area contributed by atoms with Crippen molar-refractivity contribution in [3.05, 3.63) is 64.2 Å². The molecule has 0 radical (unpaired) electrons. The molecule has 2 aromatic carbocycles. The molecule has 0 spiro atoms. The van der Waals surface area contributed by atoms with Crippen LogP contribution in [0.4, 0.5) is 17.6 Å². The molecular weight excluding hydrogens is 408 g/mol. The second-order valence-electron chi connectivity index (χ2n) is 10.1. The first kappa shape index (κ1) is 24.9. The van der Waals surface area contributed by atoms with E-state index in [0.717, 1.165) is 12.0 Å². The maximum Gasteiger partial charge on any atom is 0.349 e. The molecule has 0 amide bonds. The number of carbonyl (C=O) groups is 1. The maximum atomic E-state index is 14.2. The van der Waals surface area contributed by atoms with E-state index in [1.165, 1.54) is 19.1 Å². The zero-order chi connectivity index (χ0) is 23.7. The summed E-state index contributed by atoms with van der Waals surface area (Å²) in [5.74, 6) is -7.93. The number of esters is 1. The number of carbonyl (C=O) groups excluding carboxylic acids is 1. The lowest BCUT2D eigenvalue weighted by atomic mass is 9.69. The third-order valence-electron chi connectivity index (χ3n) is 5.27. The summed E-state index contributed by atoms with van der Waals surface area (Å²) in [5.41, 5.74) is -1.02. The smallest absolute Gasteiger partial charge is 0.349 e. The van der Waals surface area contributed by atoms with Crippen LogP contribution >= 0.6 is 0 Å². The molecule has 0 aromatic heterocycles. The van der Waals surface area contributed by atoms with Crippen LogP contribution in [0.25, 0.3) is 0 Å². The highest BCUT2D eigenvalue weighted by molar-refractivity contribution is 5.91. The molecule has 0 fully saturated rings. The Bertz CT molecular complexity index is 922. The highest BCUT2D eigenvalue weighted by atomic mass is 19.2. The average molecular weight is 439 g/mol. The molecule has 2 aromatic rings. The first-order valence-corrected chi connectivity index (χ1v) is 10.3. The fraction of sp³-hybridized carbons (Fsp3) is 0.480. The van der Waals surface area contributed by atoms with Gasteiger partial charge in [0.2, 0.25) is 0 Å². The van der Waals surface area contributed by atoms with Crippen LogP contribution in [-0.4, -0.2) is 5.97 Å². The Morgan fingerprint density at radius 2 is 1.35 bits per heavy atom. The zero-order valence-corrected chi connectivity index (χ0v) is 19.1. The molecule has 0 bridgehead atoms. The molecule has 0 saturated carbocycles. The first-order chi connectivity index (χ1) is 14.2. The van der Waals surface area contributed by atoms with Crippen molar-refractivity contribution in [3.8, 4) is 5.75 Å². The van der Waals surface area contributed by atoms with E-state index in [1.54, 1.807) is 12.1 Å². The lowest BCUT2D eigenvalue weighted by molar-refractivity contribution is 0.0721. The van der Waals surface area contributed by atoms with Gasteiger partial charge >= 0.3 is 5.97 Å². The predicted octanol–water partition coefficient (Wildman–Crippen LogP) is 7.59. The standard InChI is InChI=1S/C25H30F4O2/c1-8-16-19(26)21(28)18(22(29)20(16)27)23(30)31-15-11-9-14(10-12-15)17(25(5,6)7)13-24(2,3)4/h9-12,17H,8,13H2,1-7H3. The SMILES string of the molecule is CCc1c(F)c(F)c(C(=O)Oc2ccc(C(CC(C)(C)C)C(C)(C)C)cc2)c(F)c1F. The highest BCUT2D eigenvalue weighted by Crippen LogP contribution is 2.43. The molecule has 0 aliphatic carbocycles. The van der Waals surface area contributed by atoms with Gasteiger partial charge in [-0.2, -0.15) is 0 Å². The van der Waals surface area contributed by atoms with Gasteiger partial charge in [0.15, 0.2) is 23.3 Å². The van der Waals surface area contributed by atoms with Gasteiger partial charge in [0, 0.05) is 5.56 Å². The van der Waals surface area contributed by atoms with Crippen molar-refractivity contribution in [2.75, 3.05) is 0 Å². The summed E-state index contributed by atoms with van der Waals surface area (Å²) in [7, 11) is 0. The summed E-state index contributed by atoms with van der Waals surface area (Å²) in [6, 6.07) is 6.60. The Labute approximate surface area is 181 Å². The number of rotatable bonds is 5. The van der Waals surface area contributed by atoms with Crippen molar-refractivity contribution in [1.82, 2.24) is 0 Å². The van der Waals surface area contributed by atoms with Gasteiger partial charge < -0.3 is 4.74 Å². The van der Waals surface area contributed by atoms with Crippen molar-refractivity contribution in [1.29, 1.82) is 0 Å². The first-order valence-electron chi connectivity index (χ1n) is 10.3. The fourth-order valence-corrected chi connectivity index (χ4v) is 3.63. The third-order valence-corrected chi connectivity index (χ3v) is 5.27. The molecule has 1 atom stereocenters. The maximum absolute atomic E-state index is 14.2. The van der Waals surface area contributed by atoms with Crippen LogP contribution in [0.15, 0.2) is 24.3 Å². The Hall–Kier alpha value is -2.37. The lowest BCUT2D eigenvalue weighted by Crippen LogP contribution is -2.23. The molecule has 0 heterocycles. The van der Waals surface area contributed by atoms with Crippen LogP contribution in [0.3, 0.4) is 0 Å². The van der Waals surface area contributed by atoms with E-state index in [-0.39, 0.29) is 28.9 Å². The summed E-state index contributed by atoms with van der Waals surface area (Å²) in [5, 5.41) is 0. The summed E-state index contributed by atoms with van der Waals surface area (Å²) >= 11 is 0. The van der Waals surface area contributed by atoms with Crippen LogP contribution in [0.5, 0.6) is 5.75 Å². The molecule has 1 unspecified atom stereocenters. The molecule has 0 aliphatic heterocycles. The topological polar surface area (TPSA) is 26.3 Å². The highest BCUT2D eigenvalue weighted by Gasteiger charge is 2.31. The minimum atomic E-state index is -1.75. The quantitative estimate of drug-likeness (QED) is 0.208. The van der Waals surface area contributed by atoms with Gasteiger partial charge in [-0.15, -0.1) is 0 Å². The van der Waals surface area contributed by atoms with Gasteiger partial charge in [-0.05, 0) is 47.3 Å². The number of ether oxygens (including phenoxy) is 1. The minimum absolute atomic E-state index is 0.0200. The molecule has 0 aliphatic rings. The molecule has 31 heavy (non-hydrogen) atoms. The molecular formula is C25H30F4O2. The average Bonchev–Trinajstić information content (AvgIpc) is 2.64. The van der Waals surface area contributed by atoms with E-state index in [1.807, 2.05) is 0 Å². The van der Waals surface area contributed by atoms with Crippen LogP contribution < -0.4 is 4.74 Å². The van der Waals surface area contributed by atoms with Crippen LogP contribution in [0, 0.1) is 34.1 Å². The largest absolute Gasteiger partial charge is 0.423 e. The second-order valence-corrected chi connectivity index (χ2v) is 10.1. The van der Waals surface area contributed by atoms with Crippen LogP contribution in [0.2, 0.25) is 0 Å².